The maximum absolute atomic E-state index is 13.1. The molecular formula is C29H31FN2O6. The van der Waals surface area contributed by atoms with Crippen molar-refractivity contribution in [2.24, 2.45) is 11.8 Å². The number of hydrogen-bond donors (Lipinski definition) is 2. The minimum absolute atomic E-state index is 0.0535. The summed E-state index contributed by atoms with van der Waals surface area (Å²) in [5.74, 6) is 2.08. The number of nitrogens with one attached hydrogen (secondary N) is 1. The third kappa shape index (κ3) is 7.21. The number of Topliss-reactive ketones (excluding diaryl/α,β-unsaturated/α-hetero) is 1. The van der Waals surface area contributed by atoms with Crippen LogP contribution in [0.5, 0.6) is 28.9 Å². The van der Waals surface area contributed by atoms with E-state index in [-0.39, 0.29) is 41.6 Å². The van der Waals surface area contributed by atoms with Crippen molar-refractivity contribution in [3.05, 3.63) is 71.7 Å². The number of halogens is 1. The van der Waals surface area contributed by atoms with Gasteiger partial charge in [0, 0.05) is 18.5 Å². The van der Waals surface area contributed by atoms with Crippen molar-refractivity contribution >= 4 is 11.7 Å². The number of aromatic nitrogens is 1. The molecule has 0 unspecified atom stereocenters. The van der Waals surface area contributed by atoms with Gasteiger partial charge in [-0.25, -0.2) is 9.37 Å². The predicted octanol–water partition coefficient (Wildman–Crippen LogP) is 5.78. The molecule has 3 aromatic rings. The van der Waals surface area contributed by atoms with Gasteiger partial charge in [0.25, 0.3) is 0 Å². The van der Waals surface area contributed by atoms with Crippen LogP contribution in [0.4, 0.5) is 4.39 Å². The normalized spacial score (nSPS) is 17.7. The van der Waals surface area contributed by atoms with Gasteiger partial charge in [0.05, 0.1) is 11.8 Å². The molecule has 8 nitrogen and oxygen atoms in total. The number of ketones is 1. The van der Waals surface area contributed by atoms with Crippen LogP contribution in [0.3, 0.4) is 0 Å². The number of nitrogens with zero attached hydrogens (tertiary/aromatic N) is 1. The number of hydrogen-bond acceptors (Lipinski definition) is 7. The van der Waals surface area contributed by atoms with Crippen molar-refractivity contribution in [3.8, 4) is 28.9 Å². The summed E-state index contributed by atoms with van der Waals surface area (Å²) < 4.78 is 29.0. The van der Waals surface area contributed by atoms with Gasteiger partial charge < -0.3 is 24.6 Å². The zero-order chi connectivity index (χ0) is 27.1. The lowest BCUT2D eigenvalue weighted by Crippen LogP contribution is -2.32. The number of carbonyl (C=O) groups excluding carboxylic acids is 2. The Balaban J connectivity index is 0.000000178. The summed E-state index contributed by atoms with van der Waals surface area (Å²) in [4.78, 5) is 27.3. The predicted molar refractivity (Wildman–Crippen MR) is 138 cm³/mol. The number of fused-ring (bicyclic) bond motifs is 1. The van der Waals surface area contributed by atoms with Crippen LogP contribution in [0.25, 0.3) is 0 Å². The highest BCUT2D eigenvalue weighted by molar-refractivity contribution is 5.96. The van der Waals surface area contributed by atoms with Crippen LogP contribution in [0.15, 0.2) is 54.7 Å². The first-order chi connectivity index (χ1) is 18.3. The highest BCUT2D eigenvalue weighted by Gasteiger charge is 2.24. The number of carbonyl (C=O) groups is 2. The number of benzene rings is 2. The SMILES string of the molecule is CC(=O)c1cc(F)cnc1Oc1ccc2c(c1)OCO2.CC1CCC(C(=O)NCc2cccc(O)c2)CC1. The molecule has 5 rings (SSSR count). The first-order valence-electron chi connectivity index (χ1n) is 12.6. The molecule has 0 saturated heterocycles. The van der Waals surface area contributed by atoms with E-state index in [0.717, 1.165) is 49.4 Å². The molecular weight excluding hydrogens is 491 g/mol. The fourth-order valence-corrected chi connectivity index (χ4v) is 4.33. The molecule has 2 aromatic carbocycles. The molecule has 0 spiro atoms. The second kappa shape index (κ2) is 12.4. The number of aromatic hydroxyl groups is 1. The maximum atomic E-state index is 13.1. The molecule has 0 bridgehead atoms. The van der Waals surface area contributed by atoms with E-state index in [1.165, 1.54) is 6.92 Å². The number of ether oxygens (including phenoxy) is 3. The Labute approximate surface area is 220 Å². The molecule has 9 heteroatoms. The summed E-state index contributed by atoms with van der Waals surface area (Å²) in [7, 11) is 0. The van der Waals surface area contributed by atoms with Gasteiger partial charge in [-0.1, -0.05) is 19.1 Å². The third-order valence-electron chi connectivity index (χ3n) is 6.52. The Hall–Kier alpha value is -4.14. The van der Waals surface area contributed by atoms with Gasteiger partial charge in [-0.15, -0.1) is 0 Å². The average molecular weight is 523 g/mol. The molecule has 1 aliphatic carbocycles. The Morgan fingerprint density at radius 1 is 1.08 bits per heavy atom. The highest BCUT2D eigenvalue weighted by atomic mass is 19.1. The molecule has 1 fully saturated rings. The first-order valence-corrected chi connectivity index (χ1v) is 12.6. The Morgan fingerprint density at radius 2 is 1.84 bits per heavy atom. The summed E-state index contributed by atoms with van der Waals surface area (Å²) in [5.41, 5.74) is 1.02. The first kappa shape index (κ1) is 26.9. The Morgan fingerprint density at radius 3 is 2.58 bits per heavy atom. The number of amides is 1. The molecule has 2 aliphatic rings. The molecule has 38 heavy (non-hydrogen) atoms. The van der Waals surface area contributed by atoms with E-state index in [1.807, 2.05) is 6.07 Å². The molecule has 2 heterocycles. The van der Waals surface area contributed by atoms with Crippen LogP contribution in [-0.4, -0.2) is 28.6 Å². The minimum Gasteiger partial charge on any atom is -0.508 e. The van der Waals surface area contributed by atoms with Gasteiger partial charge in [0.1, 0.15) is 17.3 Å². The molecule has 1 saturated carbocycles. The van der Waals surface area contributed by atoms with Crippen LogP contribution >= 0.6 is 0 Å². The van der Waals surface area contributed by atoms with Gasteiger partial charge in [0.2, 0.25) is 18.6 Å². The number of rotatable bonds is 6. The van der Waals surface area contributed by atoms with Crippen molar-refractivity contribution in [1.82, 2.24) is 10.3 Å². The van der Waals surface area contributed by atoms with E-state index in [1.54, 1.807) is 36.4 Å². The van der Waals surface area contributed by atoms with E-state index in [9.17, 15) is 19.1 Å². The topological polar surface area (TPSA) is 107 Å². The standard InChI is InChI=1S/C15H21NO2.C14H10FNO4/c1-11-5-7-13(8-6-11)15(18)16-10-12-3-2-4-14(17)9-12;1-8(17)11-4-9(15)6-16-14(11)20-10-2-3-12-13(5-10)19-7-18-12/h2-4,9,11,13,17H,5-8,10H2,1H3,(H,16,18);2-6H,7H2,1H3. The van der Waals surface area contributed by atoms with Crippen LogP contribution in [-0.2, 0) is 11.3 Å². The van der Waals surface area contributed by atoms with Crippen molar-refractivity contribution in [1.29, 1.82) is 0 Å². The van der Waals surface area contributed by atoms with Gasteiger partial charge in [-0.2, -0.15) is 0 Å². The zero-order valence-corrected chi connectivity index (χ0v) is 21.4. The number of phenols is 1. The van der Waals surface area contributed by atoms with Crippen LogP contribution < -0.4 is 19.5 Å². The average Bonchev–Trinajstić information content (AvgIpc) is 3.37. The minimum atomic E-state index is -0.590. The van der Waals surface area contributed by atoms with Crippen LogP contribution in [0, 0.1) is 17.7 Å². The third-order valence-corrected chi connectivity index (χ3v) is 6.52. The Bertz CT molecular complexity index is 1290. The van der Waals surface area contributed by atoms with Crippen molar-refractivity contribution in [2.75, 3.05) is 6.79 Å². The summed E-state index contributed by atoms with van der Waals surface area (Å²) in [6.45, 7) is 4.23. The molecule has 1 aromatic heterocycles. The van der Waals surface area contributed by atoms with E-state index in [2.05, 4.69) is 17.2 Å². The van der Waals surface area contributed by atoms with E-state index < -0.39 is 5.82 Å². The smallest absolute Gasteiger partial charge is 0.231 e. The maximum Gasteiger partial charge on any atom is 0.231 e. The van der Waals surface area contributed by atoms with E-state index >= 15 is 0 Å². The summed E-state index contributed by atoms with van der Waals surface area (Å²) in [5, 5.41) is 12.3. The fraction of sp³-hybridized carbons (Fsp3) is 0.345. The lowest BCUT2D eigenvalue weighted by Gasteiger charge is -2.25. The summed E-state index contributed by atoms with van der Waals surface area (Å²) in [6.07, 6.45) is 5.32. The van der Waals surface area contributed by atoms with Gasteiger partial charge >= 0.3 is 0 Å². The summed E-state index contributed by atoms with van der Waals surface area (Å²) >= 11 is 0. The number of phenolic OH excluding ortho intramolecular Hbond substituents is 1. The Kier molecular flexibility index (Phi) is 8.78. The highest BCUT2D eigenvalue weighted by Crippen LogP contribution is 2.37. The molecule has 1 amide bonds. The summed E-state index contributed by atoms with van der Waals surface area (Å²) in [6, 6.07) is 13.1. The van der Waals surface area contributed by atoms with Gasteiger partial charge in [-0.3, -0.25) is 9.59 Å². The van der Waals surface area contributed by atoms with Crippen molar-refractivity contribution in [2.45, 2.75) is 46.1 Å². The van der Waals surface area contributed by atoms with Gasteiger partial charge in [-0.05, 0) is 74.4 Å². The molecule has 2 N–H and O–H groups in total. The quantitative estimate of drug-likeness (QED) is 0.395. The second-order valence-electron chi connectivity index (χ2n) is 9.52. The molecule has 0 atom stereocenters. The van der Waals surface area contributed by atoms with Crippen molar-refractivity contribution < 1.29 is 33.3 Å². The van der Waals surface area contributed by atoms with Crippen LogP contribution in [0.2, 0.25) is 0 Å². The lowest BCUT2D eigenvalue weighted by atomic mass is 9.82. The van der Waals surface area contributed by atoms with Crippen molar-refractivity contribution in [3.63, 3.8) is 0 Å². The number of pyridine rings is 1. The monoisotopic (exact) mass is 522 g/mol. The molecule has 200 valence electrons. The molecule has 0 radical (unpaired) electrons. The lowest BCUT2D eigenvalue weighted by molar-refractivity contribution is -0.126. The van der Waals surface area contributed by atoms with E-state index in [0.29, 0.717) is 23.8 Å². The fourth-order valence-electron chi connectivity index (χ4n) is 4.33. The molecule has 1 aliphatic heterocycles. The van der Waals surface area contributed by atoms with Gasteiger partial charge in [0.15, 0.2) is 17.3 Å². The second-order valence-corrected chi connectivity index (χ2v) is 9.52. The largest absolute Gasteiger partial charge is 0.508 e. The zero-order valence-electron chi connectivity index (χ0n) is 21.4. The van der Waals surface area contributed by atoms with Crippen LogP contribution in [0.1, 0.15) is 55.5 Å². The van der Waals surface area contributed by atoms with E-state index in [4.69, 9.17) is 14.2 Å².